The summed E-state index contributed by atoms with van der Waals surface area (Å²) in [5, 5.41) is 14.1. The molecule has 1 amide bonds. The number of hydrogen-bond acceptors (Lipinski definition) is 7. The Hall–Kier alpha value is -3.64. The van der Waals surface area contributed by atoms with E-state index >= 15 is 0 Å². The lowest BCUT2D eigenvalue weighted by atomic mass is 10.1. The molecule has 26 heavy (non-hydrogen) atoms. The fourth-order valence-corrected chi connectivity index (χ4v) is 2.95. The number of nitrogens with zero attached hydrogens (tertiary/aromatic N) is 3. The van der Waals surface area contributed by atoms with Gasteiger partial charge >= 0.3 is 5.97 Å². The highest BCUT2D eigenvalue weighted by Gasteiger charge is 2.24. The normalized spacial score (nSPS) is 10.2. The van der Waals surface area contributed by atoms with Crippen molar-refractivity contribution in [3.8, 4) is 11.8 Å². The maximum Gasteiger partial charge on any atom is 0.357 e. The molecular weight excluding hydrogens is 354 g/mol. The van der Waals surface area contributed by atoms with E-state index in [4.69, 9.17) is 10.5 Å². The molecular formula is C17H13N5O3S. The van der Waals surface area contributed by atoms with Crippen LogP contribution in [-0.2, 0) is 4.74 Å². The maximum absolute atomic E-state index is 12.6. The third kappa shape index (κ3) is 3.01. The SMILES string of the molecule is COC(=O)c1c(N)c(C#N)cn1-c1ccccc1C(=O)Nc1nccs1. The first kappa shape index (κ1) is 17.2. The Kier molecular flexibility index (Phi) is 4.68. The molecule has 3 aromatic rings. The van der Waals surface area contributed by atoms with E-state index in [0.29, 0.717) is 10.8 Å². The molecule has 8 nitrogen and oxygen atoms in total. The molecule has 0 saturated carbocycles. The summed E-state index contributed by atoms with van der Waals surface area (Å²) in [5.74, 6) is -1.11. The molecule has 3 rings (SSSR count). The molecule has 130 valence electrons. The van der Waals surface area contributed by atoms with Gasteiger partial charge in [-0.25, -0.2) is 9.78 Å². The van der Waals surface area contributed by atoms with Crippen molar-refractivity contribution in [2.75, 3.05) is 18.2 Å². The second-order valence-electron chi connectivity index (χ2n) is 5.09. The van der Waals surface area contributed by atoms with Gasteiger partial charge in [0, 0.05) is 17.8 Å². The van der Waals surface area contributed by atoms with Gasteiger partial charge in [0.25, 0.3) is 5.91 Å². The number of para-hydroxylation sites is 1. The van der Waals surface area contributed by atoms with E-state index in [1.807, 2.05) is 6.07 Å². The quantitative estimate of drug-likeness (QED) is 0.683. The fourth-order valence-electron chi connectivity index (χ4n) is 2.43. The van der Waals surface area contributed by atoms with Crippen LogP contribution in [0.5, 0.6) is 0 Å². The van der Waals surface area contributed by atoms with Crippen molar-refractivity contribution in [3.63, 3.8) is 0 Å². The lowest BCUT2D eigenvalue weighted by molar-refractivity contribution is 0.0592. The van der Waals surface area contributed by atoms with Gasteiger partial charge in [-0.2, -0.15) is 5.26 Å². The molecule has 1 aromatic carbocycles. The van der Waals surface area contributed by atoms with Gasteiger partial charge in [-0.15, -0.1) is 11.3 Å². The summed E-state index contributed by atoms with van der Waals surface area (Å²) in [6.07, 6.45) is 2.98. The van der Waals surface area contributed by atoms with Crippen molar-refractivity contribution in [2.45, 2.75) is 0 Å². The van der Waals surface area contributed by atoms with Crippen molar-refractivity contribution >= 4 is 34.0 Å². The number of nitriles is 1. The molecule has 0 unspecified atom stereocenters. The highest BCUT2D eigenvalue weighted by Crippen LogP contribution is 2.27. The third-order valence-corrected chi connectivity index (χ3v) is 4.29. The van der Waals surface area contributed by atoms with Crippen LogP contribution in [0.4, 0.5) is 10.8 Å². The molecule has 0 bridgehead atoms. The molecule has 9 heteroatoms. The van der Waals surface area contributed by atoms with Gasteiger partial charge < -0.3 is 15.0 Å². The first-order valence-corrected chi connectivity index (χ1v) is 8.24. The van der Waals surface area contributed by atoms with Gasteiger partial charge in [0.05, 0.1) is 29.6 Å². The molecule has 0 aliphatic carbocycles. The summed E-state index contributed by atoms with van der Waals surface area (Å²) in [5.41, 5.74) is 6.67. The Morgan fingerprint density at radius 1 is 1.38 bits per heavy atom. The Morgan fingerprint density at radius 3 is 2.81 bits per heavy atom. The molecule has 2 aromatic heterocycles. The second kappa shape index (κ2) is 7.08. The van der Waals surface area contributed by atoms with Gasteiger partial charge in [-0.05, 0) is 12.1 Å². The number of thiazole rings is 1. The summed E-state index contributed by atoms with van der Waals surface area (Å²) >= 11 is 1.28. The summed E-state index contributed by atoms with van der Waals surface area (Å²) < 4.78 is 6.15. The highest BCUT2D eigenvalue weighted by molar-refractivity contribution is 7.13. The van der Waals surface area contributed by atoms with E-state index in [0.717, 1.165) is 0 Å². The average Bonchev–Trinajstić information content (AvgIpc) is 3.28. The molecule has 0 radical (unpaired) electrons. The second-order valence-corrected chi connectivity index (χ2v) is 5.98. The number of amides is 1. The van der Waals surface area contributed by atoms with Crippen molar-refractivity contribution in [3.05, 3.63) is 58.9 Å². The number of nitrogen functional groups attached to an aromatic ring is 1. The van der Waals surface area contributed by atoms with E-state index < -0.39 is 11.9 Å². The number of anilines is 2. The Balaban J connectivity index is 2.13. The molecule has 3 N–H and O–H groups in total. The minimum absolute atomic E-state index is 0.00511. The third-order valence-electron chi connectivity index (χ3n) is 3.60. The maximum atomic E-state index is 12.6. The predicted octanol–water partition coefficient (Wildman–Crippen LogP) is 2.43. The van der Waals surface area contributed by atoms with Crippen LogP contribution < -0.4 is 11.1 Å². The van der Waals surface area contributed by atoms with Crippen LogP contribution >= 0.6 is 11.3 Å². The molecule has 0 aliphatic rings. The zero-order chi connectivity index (χ0) is 18.7. The Labute approximate surface area is 152 Å². The van der Waals surface area contributed by atoms with Crippen LogP contribution in [0.25, 0.3) is 5.69 Å². The molecule has 0 aliphatic heterocycles. The smallest absolute Gasteiger partial charge is 0.357 e. The van der Waals surface area contributed by atoms with Crippen LogP contribution in [0, 0.1) is 11.3 Å². The zero-order valence-corrected chi connectivity index (χ0v) is 14.4. The molecule has 0 spiro atoms. The Morgan fingerprint density at radius 2 is 2.15 bits per heavy atom. The van der Waals surface area contributed by atoms with Gasteiger partial charge in [0.1, 0.15) is 6.07 Å². The standard InChI is InChI=1S/C17H13N5O3S/c1-25-16(24)14-13(19)10(8-18)9-22(14)12-5-3-2-4-11(12)15(23)21-17-20-6-7-26-17/h2-7,9H,19H2,1H3,(H,20,21,23). The van der Waals surface area contributed by atoms with E-state index in [2.05, 4.69) is 10.3 Å². The largest absolute Gasteiger partial charge is 0.464 e. The average molecular weight is 367 g/mol. The van der Waals surface area contributed by atoms with Gasteiger partial charge in [0.2, 0.25) is 0 Å². The number of rotatable bonds is 4. The van der Waals surface area contributed by atoms with Gasteiger partial charge in [-0.1, -0.05) is 12.1 Å². The van der Waals surface area contributed by atoms with Crippen LogP contribution in [0.1, 0.15) is 26.4 Å². The number of carbonyl (C=O) groups excluding carboxylic acids is 2. The van der Waals surface area contributed by atoms with Crippen LogP contribution in [0.15, 0.2) is 42.0 Å². The first-order chi connectivity index (χ1) is 12.6. The van der Waals surface area contributed by atoms with Gasteiger partial charge in [-0.3, -0.25) is 10.1 Å². The zero-order valence-electron chi connectivity index (χ0n) is 13.6. The number of aromatic nitrogens is 2. The summed E-state index contributed by atoms with van der Waals surface area (Å²) in [4.78, 5) is 28.8. The minimum Gasteiger partial charge on any atom is -0.464 e. The lowest BCUT2D eigenvalue weighted by Crippen LogP contribution is -2.17. The number of ether oxygens (including phenoxy) is 1. The van der Waals surface area contributed by atoms with E-state index in [9.17, 15) is 14.9 Å². The monoisotopic (exact) mass is 367 g/mol. The van der Waals surface area contributed by atoms with Crippen molar-refractivity contribution in [1.29, 1.82) is 5.26 Å². The lowest BCUT2D eigenvalue weighted by Gasteiger charge is -2.13. The molecule has 0 saturated heterocycles. The molecule has 0 fully saturated rings. The Bertz CT molecular complexity index is 1020. The van der Waals surface area contributed by atoms with Gasteiger partial charge in [0.15, 0.2) is 10.8 Å². The predicted molar refractivity (Wildman–Crippen MR) is 96.3 cm³/mol. The number of nitrogens with two attached hydrogens (primary N) is 1. The molecule has 0 atom stereocenters. The van der Waals surface area contributed by atoms with Crippen LogP contribution in [-0.4, -0.2) is 28.5 Å². The topological polar surface area (TPSA) is 123 Å². The number of esters is 1. The number of carbonyl (C=O) groups is 2. The summed E-state index contributed by atoms with van der Waals surface area (Å²) in [7, 11) is 1.21. The van der Waals surface area contributed by atoms with E-state index in [1.165, 1.54) is 29.2 Å². The number of benzene rings is 1. The van der Waals surface area contributed by atoms with Crippen molar-refractivity contribution < 1.29 is 14.3 Å². The fraction of sp³-hybridized carbons (Fsp3) is 0.0588. The number of hydrogen-bond donors (Lipinski definition) is 2. The van der Waals surface area contributed by atoms with Crippen molar-refractivity contribution in [2.24, 2.45) is 0 Å². The number of nitrogens with one attached hydrogen (secondary N) is 1. The highest BCUT2D eigenvalue weighted by atomic mass is 32.1. The summed E-state index contributed by atoms with van der Waals surface area (Å²) in [6, 6.07) is 8.57. The van der Waals surface area contributed by atoms with E-state index in [1.54, 1.807) is 35.8 Å². The first-order valence-electron chi connectivity index (χ1n) is 7.36. The van der Waals surface area contributed by atoms with Crippen molar-refractivity contribution in [1.82, 2.24) is 9.55 Å². The molecule has 2 heterocycles. The van der Waals surface area contributed by atoms with E-state index in [-0.39, 0.29) is 22.5 Å². The number of methoxy groups -OCH3 is 1. The van der Waals surface area contributed by atoms with Crippen LogP contribution in [0.2, 0.25) is 0 Å². The van der Waals surface area contributed by atoms with Crippen LogP contribution in [0.3, 0.4) is 0 Å². The summed E-state index contributed by atoms with van der Waals surface area (Å²) in [6.45, 7) is 0. The minimum atomic E-state index is -0.709.